The van der Waals surface area contributed by atoms with Gasteiger partial charge in [0.25, 0.3) is 0 Å². The predicted molar refractivity (Wildman–Crippen MR) is 63.3 cm³/mol. The standard InChI is InChI=1S/C13H15NO4/c1-2-18-13(17)9-4-3-8-6-11(12(15)16)14-7-10(8)5-9/h6-7,9H,2-5H2,1H3,(H,15,16). The molecule has 5 nitrogen and oxygen atoms in total. The second-order valence-electron chi connectivity index (χ2n) is 4.34. The molecule has 96 valence electrons. The first kappa shape index (κ1) is 12.5. The van der Waals surface area contributed by atoms with Crippen LogP contribution in [0.3, 0.4) is 0 Å². The molecule has 0 aliphatic heterocycles. The molecule has 0 spiro atoms. The van der Waals surface area contributed by atoms with Crippen LogP contribution < -0.4 is 0 Å². The molecule has 0 aromatic carbocycles. The van der Waals surface area contributed by atoms with Crippen molar-refractivity contribution in [1.29, 1.82) is 0 Å². The molecule has 1 heterocycles. The molecule has 0 bridgehead atoms. The van der Waals surface area contributed by atoms with Gasteiger partial charge in [-0.05, 0) is 43.4 Å². The van der Waals surface area contributed by atoms with E-state index in [4.69, 9.17) is 9.84 Å². The molecule has 1 aliphatic rings. The van der Waals surface area contributed by atoms with Crippen LogP contribution in [0.5, 0.6) is 0 Å². The van der Waals surface area contributed by atoms with Gasteiger partial charge in [-0.2, -0.15) is 0 Å². The largest absolute Gasteiger partial charge is 0.477 e. The molecule has 1 aromatic rings. The highest BCUT2D eigenvalue weighted by Gasteiger charge is 2.26. The molecule has 1 aromatic heterocycles. The van der Waals surface area contributed by atoms with Crippen LogP contribution in [-0.2, 0) is 22.4 Å². The predicted octanol–water partition coefficient (Wildman–Crippen LogP) is 1.45. The Bertz CT molecular complexity index is 484. The lowest BCUT2D eigenvalue weighted by atomic mass is 9.84. The van der Waals surface area contributed by atoms with Crippen molar-refractivity contribution in [2.75, 3.05) is 6.61 Å². The summed E-state index contributed by atoms with van der Waals surface area (Å²) in [5.41, 5.74) is 1.98. The van der Waals surface area contributed by atoms with Gasteiger partial charge < -0.3 is 9.84 Å². The van der Waals surface area contributed by atoms with E-state index in [0.717, 1.165) is 11.1 Å². The third-order valence-electron chi connectivity index (χ3n) is 3.15. The lowest BCUT2D eigenvalue weighted by Crippen LogP contribution is -2.25. The van der Waals surface area contributed by atoms with Gasteiger partial charge in [0.15, 0.2) is 0 Å². The van der Waals surface area contributed by atoms with E-state index in [1.54, 1.807) is 19.2 Å². The number of carboxylic acids is 1. The summed E-state index contributed by atoms with van der Waals surface area (Å²) in [4.78, 5) is 26.3. The van der Waals surface area contributed by atoms with E-state index in [1.165, 1.54) is 0 Å². The molecular weight excluding hydrogens is 234 g/mol. The molecule has 0 saturated heterocycles. The molecule has 0 saturated carbocycles. The minimum atomic E-state index is -1.02. The van der Waals surface area contributed by atoms with Crippen molar-refractivity contribution in [1.82, 2.24) is 4.98 Å². The van der Waals surface area contributed by atoms with Gasteiger partial charge in [-0.25, -0.2) is 9.78 Å². The highest BCUT2D eigenvalue weighted by atomic mass is 16.5. The molecule has 0 amide bonds. The Morgan fingerprint density at radius 2 is 2.28 bits per heavy atom. The van der Waals surface area contributed by atoms with Crippen LogP contribution >= 0.6 is 0 Å². The van der Waals surface area contributed by atoms with Gasteiger partial charge in [0.1, 0.15) is 5.69 Å². The first-order valence-electron chi connectivity index (χ1n) is 5.99. The molecule has 1 atom stereocenters. The fourth-order valence-electron chi connectivity index (χ4n) is 2.22. The van der Waals surface area contributed by atoms with Gasteiger partial charge in [0.2, 0.25) is 0 Å². The minimum Gasteiger partial charge on any atom is -0.477 e. The van der Waals surface area contributed by atoms with E-state index in [1.807, 2.05) is 0 Å². The van der Waals surface area contributed by atoms with Crippen LogP contribution in [-0.4, -0.2) is 28.6 Å². The van der Waals surface area contributed by atoms with E-state index in [0.29, 0.717) is 25.9 Å². The third kappa shape index (κ3) is 2.50. The van der Waals surface area contributed by atoms with Gasteiger partial charge in [-0.15, -0.1) is 0 Å². The zero-order valence-corrected chi connectivity index (χ0v) is 10.2. The van der Waals surface area contributed by atoms with Crippen LogP contribution in [0.15, 0.2) is 12.3 Å². The summed E-state index contributed by atoms with van der Waals surface area (Å²) in [6.45, 7) is 2.17. The van der Waals surface area contributed by atoms with Crippen LogP contribution in [0.4, 0.5) is 0 Å². The monoisotopic (exact) mass is 249 g/mol. The van der Waals surface area contributed by atoms with E-state index >= 15 is 0 Å². The number of hydrogen-bond donors (Lipinski definition) is 1. The summed E-state index contributed by atoms with van der Waals surface area (Å²) < 4.78 is 5.00. The second kappa shape index (κ2) is 5.16. The fourth-order valence-corrected chi connectivity index (χ4v) is 2.22. The van der Waals surface area contributed by atoms with Crippen molar-refractivity contribution in [3.8, 4) is 0 Å². The first-order chi connectivity index (χ1) is 8.61. The molecular formula is C13H15NO4. The van der Waals surface area contributed by atoms with Crippen molar-refractivity contribution in [2.45, 2.75) is 26.2 Å². The number of aromatic nitrogens is 1. The van der Waals surface area contributed by atoms with Crippen LogP contribution in [0.2, 0.25) is 0 Å². The topological polar surface area (TPSA) is 76.5 Å². The van der Waals surface area contributed by atoms with Crippen molar-refractivity contribution in [2.24, 2.45) is 5.92 Å². The molecule has 1 aliphatic carbocycles. The highest BCUT2D eigenvalue weighted by molar-refractivity contribution is 5.85. The molecule has 1 unspecified atom stereocenters. The Balaban J connectivity index is 2.16. The van der Waals surface area contributed by atoms with Crippen molar-refractivity contribution in [3.63, 3.8) is 0 Å². The third-order valence-corrected chi connectivity index (χ3v) is 3.15. The zero-order chi connectivity index (χ0) is 13.1. The molecule has 18 heavy (non-hydrogen) atoms. The molecule has 5 heteroatoms. The Labute approximate surface area is 105 Å². The summed E-state index contributed by atoms with van der Waals surface area (Å²) in [7, 11) is 0. The Hall–Kier alpha value is -1.91. The Morgan fingerprint density at radius 1 is 1.50 bits per heavy atom. The van der Waals surface area contributed by atoms with E-state index in [9.17, 15) is 9.59 Å². The quantitative estimate of drug-likeness (QED) is 0.820. The summed E-state index contributed by atoms with van der Waals surface area (Å²) in [6, 6.07) is 1.60. The number of esters is 1. The van der Waals surface area contributed by atoms with Gasteiger partial charge in [0, 0.05) is 6.20 Å². The number of carbonyl (C=O) groups excluding carboxylic acids is 1. The minimum absolute atomic E-state index is 0.0586. The van der Waals surface area contributed by atoms with Gasteiger partial charge in [-0.1, -0.05) is 0 Å². The lowest BCUT2D eigenvalue weighted by molar-refractivity contribution is -0.148. The maximum Gasteiger partial charge on any atom is 0.354 e. The number of carboxylic acid groups (broad SMARTS) is 1. The molecule has 1 N–H and O–H groups in total. The summed E-state index contributed by atoms with van der Waals surface area (Å²) in [5.74, 6) is -1.33. The van der Waals surface area contributed by atoms with Gasteiger partial charge >= 0.3 is 11.9 Å². The number of rotatable bonds is 3. The SMILES string of the molecule is CCOC(=O)C1CCc2cc(C(=O)O)ncc2C1. The van der Waals surface area contributed by atoms with E-state index in [2.05, 4.69) is 4.98 Å². The van der Waals surface area contributed by atoms with Crippen molar-refractivity contribution >= 4 is 11.9 Å². The van der Waals surface area contributed by atoms with E-state index < -0.39 is 5.97 Å². The summed E-state index contributed by atoms with van der Waals surface area (Å²) in [5, 5.41) is 8.86. The van der Waals surface area contributed by atoms with Crippen molar-refractivity contribution < 1.29 is 19.4 Å². The van der Waals surface area contributed by atoms with Crippen LogP contribution in [0, 0.1) is 5.92 Å². The number of aryl methyl sites for hydroxylation is 1. The van der Waals surface area contributed by atoms with E-state index in [-0.39, 0.29) is 17.6 Å². The second-order valence-corrected chi connectivity index (χ2v) is 4.34. The number of hydrogen-bond acceptors (Lipinski definition) is 4. The van der Waals surface area contributed by atoms with Crippen molar-refractivity contribution in [3.05, 3.63) is 29.1 Å². The average Bonchev–Trinajstić information content (AvgIpc) is 2.37. The summed E-state index contributed by atoms with van der Waals surface area (Å²) in [6.07, 6.45) is 3.54. The average molecular weight is 249 g/mol. The maximum atomic E-state index is 11.6. The lowest BCUT2D eigenvalue weighted by Gasteiger charge is -2.22. The normalized spacial score (nSPS) is 17.9. The Kier molecular flexibility index (Phi) is 3.60. The number of pyridine rings is 1. The van der Waals surface area contributed by atoms with Gasteiger partial charge in [-0.3, -0.25) is 4.79 Å². The number of nitrogens with zero attached hydrogens (tertiary/aromatic N) is 1. The van der Waals surface area contributed by atoms with Gasteiger partial charge in [0.05, 0.1) is 12.5 Å². The highest BCUT2D eigenvalue weighted by Crippen LogP contribution is 2.26. The van der Waals surface area contributed by atoms with Crippen LogP contribution in [0.25, 0.3) is 0 Å². The molecule has 2 rings (SSSR count). The maximum absolute atomic E-state index is 11.6. The number of ether oxygens (including phenoxy) is 1. The smallest absolute Gasteiger partial charge is 0.354 e. The number of fused-ring (bicyclic) bond motifs is 1. The molecule has 0 radical (unpaired) electrons. The number of aromatic carboxylic acids is 1. The fraction of sp³-hybridized carbons (Fsp3) is 0.462. The summed E-state index contributed by atoms with van der Waals surface area (Å²) >= 11 is 0. The molecule has 0 fully saturated rings. The zero-order valence-electron chi connectivity index (χ0n) is 10.2. The Morgan fingerprint density at radius 3 is 2.94 bits per heavy atom. The number of carbonyl (C=O) groups is 2. The van der Waals surface area contributed by atoms with Crippen LogP contribution in [0.1, 0.15) is 35.0 Å². The first-order valence-corrected chi connectivity index (χ1v) is 5.99.